The standard InChI is InChI=1S/C4H10.2CH3.ClH.Sn.H/c1-3-4-2;;;;;/h3-4H2,1-2H3;2*1H3;1H;;/q;;;;+1;/p-1. The van der Waals surface area contributed by atoms with Crippen molar-refractivity contribution in [1.29, 1.82) is 0 Å². The quantitative estimate of drug-likeness (QED) is 0.621. The second-order valence-electron chi connectivity index (χ2n) is 2.01. The summed E-state index contributed by atoms with van der Waals surface area (Å²) in [5.74, 6) is 0. The summed E-state index contributed by atoms with van der Waals surface area (Å²) in [7, 11) is 5.48. The minimum atomic E-state index is -1.16. The first-order valence-electron chi connectivity index (χ1n) is 3.29. The fraction of sp³-hybridized carbons (Fsp3) is 1.00. The van der Waals surface area contributed by atoms with Crippen molar-refractivity contribution in [3.05, 3.63) is 0 Å². The molecule has 0 N–H and O–H groups in total. The van der Waals surface area contributed by atoms with Crippen LogP contribution in [0.2, 0.25) is 9.88 Å². The van der Waals surface area contributed by atoms with Crippen LogP contribution in [0.4, 0.5) is 0 Å². The van der Waals surface area contributed by atoms with E-state index in [0.717, 1.165) is 0 Å². The predicted octanol–water partition coefficient (Wildman–Crippen LogP) is 3.02. The van der Waals surface area contributed by atoms with Crippen LogP contribution in [0.5, 0.6) is 0 Å². The monoisotopic (exact) mass is 244 g/mol. The first kappa shape index (κ1) is 11.8. The Bertz CT molecular complexity index is 25.0. The predicted molar refractivity (Wildman–Crippen MR) is 45.3 cm³/mol. The van der Waals surface area contributed by atoms with Gasteiger partial charge < -0.3 is 0 Å². The molecule has 0 saturated heterocycles. The minimum absolute atomic E-state index is 1.16. The summed E-state index contributed by atoms with van der Waals surface area (Å²) >= 11 is -1.16. The molecule has 0 aromatic heterocycles. The molecule has 0 atom stereocenters. The first-order chi connectivity index (χ1) is 3.65. The SMILES string of the molecule is CCCC.[CH3][SnH]([CH3])[Cl]. The Kier molecular flexibility index (Phi) is 16.2. The van der Waals surface area contributed by atoms with Crippen molar-refractivity contribution in [3.8, 4) is 0 Å². The van der Waals surface area contributed by atoms with E-state index in [2.05, 4.69) is 23.7 Å². The molecule has 0 fully saturated rings. The van der Waals surface area contributed by atoms with E-state index in [-0.39, 0.29) is 0 Å². The van der Waals surface area contributed by atoms with Crippen LogP contribution in [0.3, 0.4) is 0 Å². The summed E-state index contributed by atoms with van der Waals surface area (Å²) in [4.78, 5) is 4.28. The molecular weight excluding hydrogens is 226 g/mol. The molecule has 0 saturated carbocycles. The fourth-order valence-electron chi connectivity index (χ4n) is 0. The zero-order valence-electron chi connectivity index (χ0n) is 6.37. The van der Waals surface area contributed by atoms with Gasteiger partial charge in [-0.3, -0.25) is 0 Å². The van der Waals surface area contributed by atoms with Gasteiger partial charge in [-0.1, -0.05) is 26.7 Å². The molecule has 52 valence electrons. The van der Waals surface area contributed by atoms with Gasteiger partial charge in [0.2, 0.25) is 0 Å². The van der Waals surface area contributed by atoms with Crippen LogP contribution < -0.4 is 0 Å². The van der Waals surface area contributed by atoms with Crippen LogP contribution in [0.15, 0.2) is 0 Å². The van der Waals surface area contributed by atoms with Crippen LogP contribution in [0, 0.1) is 0 Å². The van der Waals surface area contributed by atoms with Crippen LogP contribution >= 0.6 is 8.92 Å². The molecule has 8 heavy (non-hydrogen) atoms. The summed E-state index contributed by atoms with van der Waals surface area (Å²) < 4.78 is 0. The van der Waals surface area contributed by atoms with Crippen LogP contribution in [-0.2, 0) is 0 Å². The van der Waals surface area contributed by atoms with E-state index in [1.54, 1.807) is 0 Å². The summed E-state index contributed by atoms with van der Waals surface area (Å²) in [6.45, 7) is 4.36. The zero-order valence-corrected chi connectivity index (χ0v) is 10.4. The number of rotatable bonds is 1. The van der Waals surface area contributed by atoms with E-state index < -0.39 is 18.6 Å². The Morgan fingerprint density at radius 3 is 1.25 bits per heavy atom. The molecule has 0 aromatic rings. The summed E-state index contributed by atoms with van der Waals surface area (Å²) in [5, 5.41) is 0. The third kappa shape index (κ3) is 60.2. The van der Waals surface area contributed by atoms with E-state index in [1.807, 2.05) is 0 Å². The molecule has 0 aliphatic rings. The van der Waals surface area contributed by atoms with Gasteiger partial charge in [-0.15, -0.1) is 0 Å². The summed E-state index contributed by atoms with van der Waals surface area (Å²) in [6, 6.07) is 0. The Morgan fingerprint density at radius 2 is 1.25 bits per heavy atom. The molecule has 0 aromatic carbocycles. The second kappa shape index (κ2) is 11.0. The van der Waals surface area contributed by atoms with E-state index in [0.29, 0.717) is 0 Å². The van der Waals surface area contributed by atoms with Gasteiger partial charge in [0, 0.05) is 0 Å². The van der Waals surface area contributed by atoms with Crippen LogP contribution in [0.1, 0.15) is 26.7 Å². The van der Waals surface area contributed by atoms with Crippen molar-refractivity contribution in [3.63, 3.8) is 0 Å². The van der Waals surface area contributed by atoms with Gasteiger partial charge >= 0.3 is 37.4 Å². The Hall–Kier alpha value is 1.09. The second-order valence-corrected chi connectivity index (χ2v) is 13.7. The van der Waals surface area contributed by atoms with Crippen molar-refractivity contribution in [2.75, 3.05) is 0 Å². The number of hydrogen-bond donors (Lipinski definition) is 0. The Labute approximate surface area is 64.1 Å². The molecule has 0 rings (SSSR count). The average molecular weight is 243 g/mol. The Morgan fingerprint density at radius 1 is 1.12 bits per heavy atom. The molecule has 0 radical (unpaired) electrons. The Balaban J connectivity index is 0. The summed E-state index contributed by atoms with van der Waals surface area (Å²) in [6.07, 6.45) is 2.64. The summed E-state index contributed by atoms with van der Waals surface area (Å²) in [5.41, 5.74) is 0. The fourth-order valence-corrected chi connectivity index (χ4v) is 0. The molecule has 0 unspecified atom stereocenters. The molecule has 0 aliphatic heterocycles. The van der Waals surface area contributed by atoms with Crippen molar-refractivity contribution in [1.82, 2.24) is 0 Å². The van der Waals surface area contributed by atoms with E-state index in [4.69, 9.17) is 8.92 Å². The molecule has 2 heteroatoms. The molecule has 0 spiro atoms. The zero-order chi connectivity index (χ0) is 6.99. The molecule has 0 heterocycles. The normalized spacial score (nSPS) is 8.25. The molecular formula is C6H17ClSn. The van der Waals surface area contributed by atoms with Crippen molar-refractivity contribution >= 4 is 27.6 Å². The topological polar surface area (TPSA) is 0 Å². The van der Waals surface area contributed by atoms with Crippen molar-refractivity contribution < 1.29 is 0 Å². The number of unbranched alkanes of at least 4 members (excludes halogenated alkanes) is 1. The average Bonchev–Trinajstić information content (AvgIpc) is 1.65. The van der Waals surface area contributed by atoms with Gasteiger partial charge in [-0.2, -0.15) is 0 Å². The molecule has 0 nitrogen and oxygen atoms in total. The third-order valence-corrected chi connectivity index (χ3v) is 0.500. The third-order valence-electron chi connectivity index (χ3n) is 0.500. The molecule has 0 bridgehead atoms. The van der Waals surface area contributed by atoms with E-state index >= 15 is 0 Å². The molecule has 0 amide bonds. The maximum atomic E-state index is 5.48. The number of halogens is 1. The molecule has 0 aliphatic carbocycles. The van der Waals surface area contributed by atoms with Crippen LogP contribution in [-0.4, -0.2) is 18.6 Å². The van der Waals surface area contributed by atoms with Gasteiger partial charge in [0.05, 0.1) is 0 Å². The van der Waals surface area contributed by atoms with Gasteiger partial charge in [-0.25, -0.2) is 0 Å². The van der Waals surface area contributed by atoms with E-state index in [1.165, 1.54) is 12.8 Å². The number of hydrogen-bond acceptors (Lipinski definition) is 0. The van der Waals surface area contributed by atoms with Gasteiger partial charge in [0.1, 0.15) is 0 Å². The van der Waals surface area contributed by atoms with Gasteiger partial charge in [0.25, 0.3) is 0 Å². The van der Waals surface area contributed by atoms with Gasteiger partial charge in [-0.05, 0) is 0 Å². The maximum absolute atomic E-state index is 5.48. The first-order valence-corrected chi connectivity index (χ1v) is 14.1. The van der Waals surface area contributed by atoms with Gasteiger partial charge in [0.15, 0.2) is 0 Å². The van der Waals surface area contributed by atoms with Crippen LogP contribution in [0.25, 0.3) is 0 Å². The van der Waals surface area contributed by atoms with E-state index in [9.17, 15) is 0 Å². The van der Waals surface area contributed by atoms with Crippen molar-refractivity contribution in [2.45, 2.75) is 36.6 Å². The van der Waals surface area contributed by atoms with Crippen molar-refractivity contribution in [2.24, 2.45) is 0 Å².